The fraction of sp³-hybridized carbons (Fsp3) is 0.500. The van der Waals surface area contributed by atoms with Crippen LogP contribution in [0.1, 0.15) is 54.0 Å². The molecule has 6 heteroatoms. The number of halogens is 1. The first kappa shape index (κ1) is 20.8. The van der Waals surface area contributed by atoms with Gasteiger partial charge in [-0.05, 0) is 83.9 Å². The van der Waals surface area contributed by atoms with Crippen LogP contribution in [0.4, 0.5) is 4.39 Å². The highest BCUT2D eigenvalue weighted by molar-refractivity contribution is 6.62. The van der Waals surface area contributed by atoms with E-state index in [0.29, 0.717) is 16.7 Å². The fourth-order valence-electron chi connectivity index (χ4n) is 3.05. The van der Waals surface area contributed by atoms with Crippen molar-refractivity contribution in [1.82, 2.24) is 0 Å². The zero-order valence-electron chi connectivity index (χ0n) is 17.9. The second kappa shape index (κ2) is 6.56. The maximum absolute atomic E-state index is 14.2. The molecular formula is C22H28BFO4. The zero-order chi connectivity index (χ0) is 21.1. The Morgan fingerprint density at radius 1 is 1.07 bits per heavy atom. The first-order valence-electron chi connectivity index (χ1n) is 9.54. The third-order valence-electron chi connectivity index (χ3n) is 5.64. The highest BCUT2D eigenvalue weighted by Crippen LogP contribution is 2.38. The lowest BCUT2D eigenvalue weighted by Gasteiger charge is -2.32. The molecular weight excluding hydrogens is 358 g/mol. The average Bonchev–Trinajstić information content (AvgIpc) is 2.77. The molecule has 1 saturated heterocycles. The van der Waals surface area contributed by atoms with Crippen LogP contribution in [0, 0.1) is 18.2 Å². The van der Waals surface area contributed by atoms with E-state index >= 15 is 0 Å². The number of hydrogen-bond donors (Lipinski definition) is 0. The summed E-state index contributed by atoms with van der Waals surface area (Å²) in [4.78, 5) is 12.5. The molecule has 0 spiro atoms. The van der Waals surface area contributed by atoms with Crippen molar-refractivity contribution in [2.75, 3.05) is 0 Å². The molecule has 2 aromatic rings. The van der Waals surface area contributed by atoms with Crippen LogP contribution in [-0.4, -0.2) is 24.3 Å². The number of carbonyl (C=O) groups is 1. The normalized spacial score (nSPS) is 18.5. The Hall–Kier alpha value is -1.92. The van der Waals surface area contributed by atoms with Gasteiger partial charge in [-0.1, -0.05) is 12.1 Å². The molecule has 0 bridgehead atoms. The number of esters is 1. The van der Waals surface area contributed by atoms with Crippen molar-refractivity contribution in [2.45, 2.75) is 66.6 Å². The van der Waals surface area contributed by atoms with Crippen LogP contribution in [-0.2, 0) is 14.1 Å². The third kappa shape index (κ3) is 3.56. The molecule has 150 valence electrons. The summed E-state index contributed by atoms with van der Waals surface area (Å²) in [5.74, 6) is -0.411. The van der Waals surface area contributed by atoms with E-state index in [2.05, 4.69) is 0 Å². The van der Waals surface area contributed by atoms with Crippen molar-refractivity contribution in [3.63, 3.8) is 0 Å². The number of carbonyl (C=O) groups excluding carboxylic acids is 1. The number of aryl methyl sites for hydroxylation is 1. The molecule has 0 saturated carbocycles. The monoisotopic (exact) mass is 386 g/mol. The smallest absolute Gasteiger partial charge is 0.425 e. The van der Waals surface area contributed by atoms with Crippen LogP contribution in [0.3, 0.4) is 0 Å². The molecule has 0 N–H and O–H groups in total. The summed E-state index contributed by atoms with van der Waals surface area (Å²) in [6.07, 6.45) is 0. The average molecular weight is 386 g/mol. The standard InChI is InChI=1S/C22H28BFO4/c1-13-16(24)10-9-14-11-15(23-27-21(5,6)22(7,8)28-23)12-17(18(13)14)26-19(25)20(2,3)4/h9-12H,1-8H3. The second-order valence-corrected chi connectivity index (χ2v) is 9.52. The van der Waals surface area contributed by atoms with Crippen molar-refractivity contribution in [3.05, 3.63) is 35.6 Å². The largest absolute Gasteiger partial charge is 0.494 e. The Morgan fingerprint density at radius 3 is 2.18 bits per heavy atom. The molecule has 1 aliphatic heterocycles. The van der Waals surface area contributed by atoms with E-state index in [9.17, 15) is 9.18 Å². The molecule has 3 rings (SSSR count). The first-order valence-corrected chi connectivity index (χ1v) is 9.54. The summed E-state index contributed by atoms with van der Waals surface area (Å²) >= 11 is 0. The van der Waals surface area contributed by atoms with Gasteiger partial charge in [0.2, 0.25) is 0 Å². The van der Waals surface area contributed by atoms with Gasteiger partial charge in [-0.2, -0.15) is 0 Å². The van der Waals surface area contributed by atoms with Gasteiger partial charge in [-0.25, -0.2) is 4.39 Å². The SMILES string of the molecule is Cc1c(F)ccc2cc(B3OC(C)(C)C(C)(C)O3)cc(OC(=O)C(C)(C)C)c12. The molecule has 0 amide bonds. The van der Waals surface area contributed by atoms with Gasteiger partial charge in [-0.15, -0.1) is 0 Å². The van der Waals surface area contributed by atoms with Gasteiger partial charge in [0.1, 0.15) is 11.6 Å². The van der Waals surface area contributed by atoms with E-state index in [1.807, 2.05) is 33.8 Å². The van der Waals surface area contributed by atoms with E-state index in [1.54, 1.807) is 39.8 Å². The van der Waals surface area contributed by atoms with Gasteiger partial charge in [0.15, 0.2) is 0 Å². The maximum Gasteiger partial charge on any atom is 0.494 e. The van der Waals surface area contributed by atoms with Crippen molar-refractivity contribution in [3.8, 4) is 5.75 Å². The van der Waals surface area contributed by atoms with Crippen LogP contribution in [0.5, 0.6) is 5.75 Å². The van der Waals surface area contributed by atoms with Crippen LogP contribution in [0.15, 0.2) is 24.3 Å². The fourth-order valence-corrected chi connectivity index (χ4v) is 3.05. The number of fused-ring (bicyclic) bond motifs is 1. The van der Waals surface area contributed by atoms with Crippen LogP contribution in [0.2, 0.25) is 0 Å². The Balaban J connectivity index is 2.14. The summed E-state index contributed by atoms with van der Waals surface area (Å²) in [5, 5.41) is 1.35. The summed E-state index contributed by atoms with van der Waals surface area (Å²) in [6.45, 7) is 14.9. The molecule has 0 unspecified atom stereocenters. The molecule has 0 aromatic heterocycles. The number of hydrogen-bond acceptors (Lipinski definition) is 4. The van der Waals surface area contributed by atoms with Gasteiger partial charge >= 0.3 is 13.1 Å². The lowest BCUT2D eigenvalue weighted by Crippen LogP contribution is -2.41. The highest BCUT2D eigenvalue weighted by Gasteiger charge is 2.51. The highest BCUT2D eigenvalue weighted by atomic mass is 19.1. The molecule has 1 heterocycles. The van der Waals surface area contributed by atoms with Crippen LogP contribution >= 0.6 is 0 Å². The Kier molecular flexibility index (Phi) is 4.88. The van der Waals surface area contributed by atoms with E-state index < -0.39 is 23.7 Å². The van der Waals surface area contributed by atoms with Crippen molar-refractivity contribution < 1.29 is 23.2 Å². The lowest BCUT2D eigenvalue weighted by atomic mass is 9.77. The molecule has 28 heavy (non-hydrogen) atoms. The number of benzene rings is 2. The van der Waals surface area contributed by atoms with E-state index in [-0.39, 0.29) is 11.8 Å². The molecule has 0 radical (unpaired) electrons. The van der Waals surface area contributed by atoms with Crippen LogP contribution in [0.25, 0.3) is 10.8 Å². The third-order valence-corrected chi connectivity index (χ3v) is 5.64. The summed E-state index contributed by atoms with van der Waals surface area (Å²) in [6, 6.07) is 6.72. The van der Waals surface area contributed by atoms with Crippen LogP contribution < -0.4 is 10.2 Å². The molecule has 1 fully saturated rings. The Labute approximate surface area is 166 Å². The van der Waals surface area contributed by atoms with Gasteiger partial charge in [0.25, 0.3) is 0 Å². The minimum absolute atomic E-state index is 0.319. The summed E-state index contributed by atoms with van der Waals surface area (Å²) in [7, 11) is -0.605. The van der Waals surface area contributed by atoms with Gasteiger partial charge in [0.05, 0.1) is 16.6 Å². The van der Waals surface area contributed by atoms with E-state index in [1.165, 1.54) is 6.07 Å². The summed E-state index contributed by atoms with van der Waals surface area (Å²) < 4.78 is 32.2. The van der Waals surface area contributed by atoms with Crippen molar-refractivity contribution in [2.24, 2.45) is 5.41 Å². The number of rotatable bonds is 2. The van der Waals surface area contributed by atoms with Gasteiger partial charge in [0, 0.05) is 5.39 Å². The molecule has 2 aromatic carbocycles. The quantitative estimate of drug-likeness (QED) is 0.432. The van der Waals surface area contributed by atoms with Crippen molar-refractivity contribution in [1.29, 1.82) is 0 Å². The van der Waals surface area contributed by atoms with Gasteiger partial charge < -0.3 is 14.0 Å². The van der Waals surface area contributed by atoms with E-state index in [0.717, 1.165) is 10.8 Å². The second-order valence-electron chi connectivity index (χ2n) is 9.52. The molecule has 1 aliphatic rings. The van der Waals surface area contributed by atoms with E-state index in [4.69, 9.17) is 14.0 Å². The molecule has 0 atom stereocenters. The Morgan fingerprint density at radius 2 is 1.64 bits per heavy atom. The molecule has 0 aliphatic carbocycles. The lowest BCUT2D eigenvalue weighted by molar-refractivity contribution is -0.142. The van der Waals surface area contributed by atoms with Crippen molar-refractivity contribution >= 4 is 29.3 Å². The minimum atomic E-state index is -0.687. The zero-order valence-corrected chi connectivity index (χ0v) is 17.9. The predicted octanol–water partition coefficient (Wildman–Crippen LogP) is 4.54. The Bertz CT molecular complexity index is 928. The summed E-state index contributed by atoms with van der Waals surface area (Å²) in [5.41, 5.74) is -0.502. The molecule has 4 nitrogen and oxygen atoms in total. The van der Waals surface area contributed by atoms with Gasteiger partial charge in [-0.3, -0.25) is 4.79 Å². The topological polar surface area (TPSA) is 44.8 Å². The minimum Gasteiger partial charge on any atom is -0.425 e. The predicted molar refractivity (Wildman–Crippen MR) is 109 cm³/mol. The number of ether oxygens (including phenoxy) is 1. The maximum atomic E-state index is 14.2. The first-order chi connectivity index (χ1) is 12.7.